The fourth-order valence-corrected chi connectivity index (χ4v) is 2.19. The van der Waals surface area contributed by atoms with Crippen LogP contribution in [0.1, 0.15) is 25.1 Å². The number of benzene rings is 1. The summed E-state index contributed by atoms with van der Waals surface area (Å²) in [6.45, 7) is 6.09. The predicted molar refractivity (Wildman–Crippen MR) is 74.5 cm³/mol. The Morgan fingerprint density at radius 1 is 1.33 bits per heavy atom. The smallest absolute Gasteiger partial charge is 0.128 e. The van der Waals surface area contributed by atoms with Crippen molar-refractivity contribution in [3.05, 3.63) is 35.3 Å². The summed E-state index contributed by atoms with van der Waals surface area (Å²) in [5.41, 5.74) is 3.40. The second-order valence-corrected chi connectivity index (χ2v) is 5.08. The summed E-state index contributed by atoms with van der Waals surface area (Å²) >= 11 is 0. The second-order valence-electron chi connectivity index (χ2n) is 5.08. The van der Waals surface area contributed by atoms with E-state index in [1.165, 1.54) is 6.07 Å². The number of nitrogens with zero attached hydrogens (tertiary/aromatic N) is 1. The first kappa shape index (κ1) is 12.8. The van der Waals surface area contributed by atoms with Gasteiger partial charge in [-0.25, -0.2) is 4.39 Å². The summed E-state index contributed by atoms with van der Waals surface area (Å²) in [6, 6.07) is 5.34. The molecule has 0 aliphatic rings. The van der Waals surface area contributed by atoms with E-state index in [0.717, 1.165) is 28.7 Å². The predicted octanol–water partition coefficient (Wildman–Crippen LogP) is 3.92. The number of rotatable bonds is 3. The summed E-state index contributed by atoms with van der Waals surface area (Å²) in [7, 11) is 1.88. The summed E-state index contributed by atoms with van der Waals surface area (Å²) < 4.78 is 13.6. The number of nitrogens with one attached hydrogen (secondary N) is 1. The zero-order valence-electron chi connectivity index (χ0n) is 11.3. The third-order valence-corrected chi connectivity index (χ3v) is 3.11. The van der Waals surface area contributed by atoms with Gasteiger partial charge in [0, 0.05) is 29.4 Å². The fraction of sp³-hybridized carbons (Fsp3) is 0.400. The quantitative estimate of drug-likeness (QED) is 0.887. The highest BCUT2D eigenvalue weighted by Gasteiger charge is 2.10. The van der Waals surface area contributed by atoms with E-state index in [9.17, 15) is 4.39 Å². The first-order valence-corrected chi connectivity index (χ1v) is 6.29. The minimum absolute atomic E-state index is 0.196. The highest BCUT2D eigenvalue weighted by molar-refractivity contribution is 5.93. The van der Waals surface area contributed by atoms with Crippen LogP contribution in [0.5, 0.6) is 0 Å². The number of aryl methyl sites for hydroxylation is 1. The van der Waals surface area contributed by atoms with Crippen molar-refractivity contribution in [2.45, 2.75) is 27.2 Å². The lowest BCUT2D eigenvalue weighted by atomic mass is 10.0. The van der Waals surface area contributed by atoms with Gasteiger partial charge in [0.2, 0.25) is 0 Å². The van der Waals surface area contributed by atoms with Gasteiger partial charge in [0.25, 0.3) is 0 Å². The zero-order chi connectivity index (χ0) is 13.3. The van der Waals surface area contributed by atoms with Crippen LogP contribution in [-0.2, 0) is 6.42 Å². The third-order valence-electron chi connectivity index (χ3n) is 3.11. The van der Waals surface area contributed by atoms with Crippen molar-refractivity contribution in [2.24, 2.45) is 5.92 Å². The van der Waals surface area contributed by atoms with Crippen LogP contribution >= 0.6 is 0 Å². The molecule has 2 aromatic rings. The average molecular weight is 246 g/mol. The van der Waals surface area contributed by atoms with E-state index >= 15 is 0 Å². The zero-order valence-corrected chi connectivity index (χ0v) is 11.3. The Hall–Kier alpha value is -1.64. The van der Waals surface area contributed by atoms with Crippen molar-refractivity contribution in [1.29, 1.82) is 0 Å². The molecule has 0 amide bonds. The number of hydrogen-bond acceptors (Lipinski definition) is 2. The van der Waals surface area contributed by atoms with Crippen molar-refractivity contribution in [2.75, 3.05) is 12.4 Å². The van der Waals surface area contributed by atoms with Gasteiger partial charge in [0.15, 0.2) is 0 Å². The highest BCUT2D eigenvalue weighted by Crippen LogP contribution is 2.27. The van der Waals surface area contributed by atoms with E-state index < -0.39 is 0 Å². The minimum atomic E-state index is -0.196. The number of anilines is 1. The molecule has 2 rings (SSSR count). The van der Waals surface area contributed by atoms with E-state index in [2.05, 4.69) is 30.2 Å². The lowest BCUT2D eigenvalue weighted by molar-refractivity contribution is 0.619. The van der Waals surface area contributed by atoms with Crippen molar-refractivity contribution in [3.8, 4) is 0 Å². The van der Waals surface area contributed by atoms with Gasteiger partial charge in [-0.2, -0.15) is 0 Å². The molecule has 2 nitrogen and oxygen atoms in total. The first-order chi connectivity index (χ1) is 8.52. The Balaban J connectivity index is 2.68. The highest BCUT2D eigenvalue weighted by atomic mass is 19.1. The van der Waals surface area contributed by atoms with E-state index in [4.69, 9.17) is 0 Å². The molecular weight excluding hydrogens is 227 g/mol. The molecule has 1 aromatic carbocycles. The Morgan fingerprint density at radius 3 is 2.67 bits per heavy atom. The average Bonchev–Trinajstić information content (AvgIpc) is 2.32. The van der Waals surface area contributed by atoms with Gasteiger partial charge < -0.3 is 5.32 Å². The summed E-state index contributed by atoms with van der Waals surface area (Å²) in [6.07, 6.45) is 0.903. The van der Waals surface area contributed by atoms with Gasteiger partial charge in [0.05, 0.1) is 5.52 Å². The van der Waals surface area contributed by atoms with Crippen molar-refractivity contribution < 1.29 is 4.39 Å². The molecule has 0 spiro atoms. The van der Waals surface area contributed by atoms with Crippen LogP contribution in [-0.4, -0.2) is 12.0 Å². The maximum atomic E-state index is 13.6. The molecule has 0 aliphatic carbocycles. The van der Waals surface area contributed by atoms with Crippen LogP contribution < -0.4 is 5.32 Å². The summed E-state index contributed by atoms with van der Waals surface area (Å²) in [5.74, 6) is 0.340. The van der Waals surface area contributed by atoms with Gasteiger partial charge in [-0.1, -0.05) is 13.8 Å². The molecule has 0 saturated heterocycles. The molecule has 1 N–H and O–H groups in total. The first-order valence-electron chi connectivity index (χ1n) is 6.29. The lowest BCUT2D eigenvalue weighted by Gasteiger charge is -2.12. The molecule has 1 aromatic heterocycles. The number of hydrogen-bond donors (Lipinski definition) is 1. The van der Waals surface area contributed by atoms with Crippen molar-refractivity contribution >= 4 is 16.6 Å². The maximum Gasteiger partial charge on any atom is 0.128 e. The van der Waals surface area contributed by atoms with Crippen LogP contribution in [0.2, 0.25) is 0 Å². The fourth-order valence-electron chi connectivity index (χ4n) is 2.19. The Bertz CT molecular complexity index is 576. The standard InChI is InChI=1S/C15H19FN2/c1-9(2)7-11-8-14(17-4)12-5-6-13(16)10(3)15(12)18-11/h5-6,8-9H,7H2,1-4H3,(H,17,18). The molecule has 96 valence electrons. The molecule has 0 bridgehead atoms. The number of aromatic nitrogens is 1. The Labute approximate surface area is 107 Å². The van der Waals surface area contributed by atoms with Gasteiger partial charge in [-0.15, -0.1) is 0 Å². The molecular formula is C15H19FN2. The molecule has 0 atom stereocenters. The van der Waals surface area contributed by atoms with Crippen LogP contribution in [0.3, 0.4) is 0 Å². The van der Waals surface area contributed by atoms with Gasteiger partial charge in [0.1, 0.15) is 5.82 Å². The molecule has 1 heterocycles. The summed E-state index contributed by atoms with van der Waals surface area (Å²) in [4.78, 5) is 4.60. The van der Waals surface area contributed by atoms with E-state index in [1.54, 1.807) is 13.0 Å². The molecule has 0 unspecified atom stereocenters. The molecule has 0 radical (unpaired) electrons. The Morgan fingerprint density at radius 2 is 2.06 bits per heavy atom. The lowest BCUT2D eigenvalue weighted by Crippen LogP contribution is -2.02. The normalized spacial score (nSPS) is 11.2. The second kappa shape index (κ2) is 4.92. The van der Waals surface area contributed by atoms with Crippen LogP contribution in [0, 0.1) is 18.7 Å². The van der Waals surface area contributed by atoms with E-state index in [0.29, 0.717) is 11.5 Å². The maximum absolute atomic E-state index is 13.6. The van der Waals surface area contributed by atoms with Crippen molar-refractivity contribution in [3.63, 3.8) is 0 Å². The number of halogens is 1. The molecule has 0 fully saturated rings. The monoisotopic (exact) mass is 246 g/mol. The topological polar surface area (TPSA) is 24.9 Å². The molecule has 0 saturated carbocycles. The summed E-state index contributed by atoms with van der Waals surface area (Å²) in [5, 5.41) is 4.14. The van der Waals surface area contributed by atoms with Gasteiger partial charge >= 0.3 is 0 Å². The van der Waals surface area contributed by atoms with E-state index in [1.807, 2.05) is 7.05 Å². The van der Waals surface area contributed by atoms with E-state index in [-0.39, 0.29) is 5.82 Å². The molecule has 0 aliphatic heterocycles. The molecule has 3 heteroatoms. The van der Waals surface area contributed by atoms with Crippen LogP contribution in [0.4, 0.5) is 10.1 Å². The number of pyridine rings is 1. The SMILES string of the molecule is CNc1cc(CC(C)C)nc2c(C)c(F)ccc12. The van der Waals surface area contributed by atoms with Gasteiger partial charge in [-0.3, -0.25) is 4.98 Å². The molecule has 18 heavy (non-hydrogen) atoms. The Kier molecular flexibility index (Phi) is 3.50. The number of fused-ring (bicyclic) bond motifs is 1. The van der Waals surface area contributed by atoms with Gasteiger partial charge in [-0.05, 0) is 37.5 Å². The third kappa shape index (κ3) is 2.30. The minimum Gasteiger partial charge on any atom is -0.388 e. The van der Waals surface area contributed by atoms with Crippen LogP contribution in [0.15, 0.2) is 18.2 Å². The van der Waals surface area contributed by atoms with Crippen molar-refractivity contribution in [1.82, 2.24) is 4.98 Å². The largest absolute Gasteiger partial charge is 0.388 e. The van der Waals surface area contributed by atoms with Crippen LogP contribution in [0.25, 0.3) is 10.9 Å².